The standard InChI is InChI=1S/C19H17FN2O6/c1-12(18(24)13-2-6-15(20)7-3-13)28-17(23)10-11-21-19(25)14-4-8-16(9-5-14)22(26)27/h2-9,12H,10-11H2,1H3,(H,21,25). The summed E-state index contributed by atoms with van der Waals surface area (Å²) >= 11 is 0. The summed E-state index contributed by atoms with van der Waals surface area (Å²) in [5, 5.41) is 13.1. The van der Waals surface area contributed by atoms with Gasteiger partial charge in [0.2, 0.25) is 5.78 Å². The molecule has 1 amide bonds. The van der Waals surface area contributed by atoms with Crippen LogP contribution in [0, 0.1) is 15.9 Å². The molecule has 0 saturated heterocycles. The molecular formula is C19H17FN2O6. The van der Waals surface area contributed by atoms with E-state index in [9.17, 15) is 28.9 Å². The highest BCUT2D eigenvalue weighted by atomic mass is 19.1. The Labute approximate surface area is 159 Å². The minimum absolute atomic E-state index is 0.0356. The van der Waals surface area contributed by atoms with Gasteiger partial charge in [0.25, 0.3) is 11.6 Å². The minimum atomic E-state index is -1.05. The topological polar surface area (TPSA) is 116 Å². The number of hydrogen-bond donors (Lipinski definition) is 1. The van der Waals surface area contributed by atoms with Crippen molar-refractivity contribution in [3.05, 3.63) is 75.6 Å². The number of hydrogen-bond acceptors (Lipinski definition) is 6. The predicted molar refractivity (Wildman–Crippen MR) is 96.3 cm³/mol. The Morgan fingerprint density at radius 1 is 1.07 bits per heavy atom. The number of esters is 1. The van der Waals surface area contributed by atoms with Crippen molar-refractivity contribution >= 4 is 23.3 Å². The van der Waals surface area contributed by atoms with E-state index in [4.69, 9.17) is 4.74 Å². The van der Waals surface area contributed by atoms with Crippen molar-refractivity contribution in [3.63, 3.8) is 0 Å². The monoisotopic (exact) mass is 388 g/mol. The lowest BCUT2D eigenvalue weighted by atomic mass is 10.1. The van der Waals surface area contributed by atoms with Crippen LogP contribution in [-0.2, 0) is 9.53 Å². The van der Waals surface area contributed by atoms with Crippen molar-refractivity contribution in [2.75, 3.05) is 6.54 Å². The van der Waals surface area contributed by atoms with Crippen LogP contribution in [0.25, 0.3) is 0 Å². The maximum absolute atomic E-state index is 12.9. The predicted octanol–water partition coefficient (Wildman–Crippen LogP) is 2.67. The molecule has 1 N–H and O–H groups in total. The Morgan fingerprint density at radius 3 is 2.21 bits per heavy atom. The summed E-state index contributed by atoms with van der Waals surface area (Å²) in [7, 11) is 0. The number of halogens is 1. The summed E-state index contributed by atoms with van der Waals surface area (Å²) in [4.78, 5) is 45.9. The molecule has 2 aromatic carbocycles. The van der Waals surface area contributed by atoms with Gasteiger partial charge < -0.3 is 10.1 Å². The minimum Gasteiger partial charge on any atom is -0.454 e. The van der Waals surface area contributed by atoms with Crippen LogP contribution < -0.4 is 5.32 Å². The van der Waals surface area contributed by atoms with Crippen LogP contribution in [0.2, 0.25) is 0 Å². The number of carbonyl (C=O) groups excluding carboxylic acids is 3. The van der Waals surface area contributed by atoms with E-state index >= 15 is 0 Å². The molecule has 1 unspecified atom stereocenters. The second kappa shape index (κ2) is 9.36. The van der Waals surface area contributed by atoms with E-state index in [1.807, 2.05) is 0 Å². The number of nitrogens with zero attached hydrogens (tertiary/aromatic N) is 1. The molecule has 0 aliphatic rings. The lowest BCUT2D eigenvalue weighted by Crippen LogP contribution is -2.29. The van der Waals surface area contributed by atoms with Crippen molar-refractivity contribution < 1.29 is 28.4 Å². The number of nitro groups is 1. The number of carbonyl (C=O) groups is 3. The quantitative estimate of drug-likeness (QED) is 0.322. The zero-order valence-corrected chi connectivity index (χ0v) is 14.9. The molecule has 0 fully saturated rings. The van der Waals surface area contributed by atoms with E-state index in [-0.39, 0.29) is 29.8 Å². The second-order valence-corrected chi connectivity index (χ2v) is 5.81. The number of amides is 1. The molecule has 0 aliphatic carbocycles. The number of nitrogens with one attached hydrogen (secondary N) is 1. The fraction of sp³-hybridized carbons (Fsp3) is 0.211. The first kappa shape index (κ1) is 20.7. The van der Waals surface area contributed by atoms with Gasteiger partial charge in [-0.3, -0.25) is 24.5 Å². The van der Waals surface area contributed by atoms with Crippen molar-refractivity contribution in [1.29, 1.82) is 0 Å². The molecule has 2 rings (SSSR count). The summed E-state index contributed by atoms with van der Waals surface area (Å²) in [6.07, 6.45) is -1.22. The normalized spacial score (nSPS) is 11.4. The van der Waals surface area contributed by atoms with Gasteiger partial charge in [0.05, 0.1) is 11.3 Å². The number of rotatable bonds is 8. The molecule has 2 aromatic rings. The molecule has 1 atom stereocenters. The summed E-state index contributed by atoms with van der Waals surface area (Å²) in [6, 6.07) is 9.87. The molecule has 0 aromatic heterocycles. The van der Waals surface area contributed by atoms with E-state index in [0.29, 0.717) is 0 Å². The van der Waals surface area contributed by atoms with Gasteiger partial charge in [-0.25, -0.2) is 4.39 Å². The van der Waals surface area contributed by atoms with Gasteiger partial charge in [-0.05, 0) is 43.3 Å². The Bertz CT molecular complexity index is 880. The first-order valence-corrected chi connectivity index (χ1v) is 8.30. The first-order chi connectivity index (χ1) is 13.3. The lowest BCUT2D eigenvalue weighted by Gasteiger charge is -2.12. The average molecular weight is 388 g/mol. The SMILES string of the molecule is CC(OC(=O)CCNC(=O)c1ccc([N+](=O)[O-])cc1)C(=O)c1ccc(F)cc1. The maximum atomic E-state index is 12.9. The van der Waals surface area contributed by atoms with Gasteiger partial charge in [0, 0.05) is 29.8 Å². The molecule has 8 nitrogen and oxygen atoms in total. The number of ketones is 1. The molecule has 0 spiro atoms. The van der Waals surface area contributed by atoms with Gasteiger partial charge in [0.1, 0.15) is 5.82 Å². The van der Waals surface area contributed by atoms with Gasteiger partial charge in [-0.1, -0.05) is 0 Å². The summed E-state index contributed by atoms with van der Waals surface area (Å²) in [6.45, 7) is 1.37. The maximum Gasteiger partial charge on any atom is 0.308 e. The zero-order chi connectivity index (χ0) is 20.7. The second-order valence-electron chi connectivity index (χ2n) is 5.81. The number of Topliss-reactive ketones (excluding diaryl/α,β-unsaturated/α-hetero) is 1. The molecule has 0 radical (unpaired) electrons. The highest BCUT2D eigenvalue weighted by Crippen LogP contribution is 2.12. The largest absolute Gasteiger partial charge is 0.454 e. The van der Waals surface area contributed by atoms with Crippen LogP contribution in [0.4, 0.5) is 10.1 Å². The molecule has 28 heavy (non-hydrogen) atoms. The molecular weight excluding hydrogens is 371 g/mol. The summed E-state index contributed by atoms with van der Waals surface area (Å²) in [5.41, 5.74) is 0.284. The summed E-state index contributed by atoms with van der Waals surface area (Å²) in [5.74, 6) is -2.14. The smallest absolute Gasteiger partial charge is 0.308 e. The van der Waals surface area contributed by atoms with Crippen LogP contribution >= 0.6 is 0 Å². The number of benzene rings is 2. The van der Waals surface area contributed by atoms with Crippen LogP contribution in [0.3, 0.4) is 0 Å². The molecule has 0 saturated carbocycles. The van der Waals surface area contributed by atoms with Crippen molar-refractivity contribution in [2.45, 2.75) is 19.4 Å². The number of ether oxygens (including phenoxy) is 1. The number of nitro benzene ring substituents is 1. The van der Waals surface area contributed by atoms with E-state index in [0.717, 1.165) is 12.1 Å². The fourth-order valence-electron chi connectivity index (χ4n) is 2.27. The van der Waals surface area contributed by atoms with E-state index in [2.05, 4.69) is 5.32 Å². The van der Waals surface area contributed by atoms with Crippen LogP contribution in [0.1, 0.15) is 34.1 Å². The van der Waals surface area contributed by atoms with Crippen LogP contribution in [0.15, 0.2) is 48.5 Å². The highest BCUT2D eigenvalue weighted by Gasteiger charge is 2.19. The van der Waals surface area contributed by atoms with E-state index < -0.39 is 34.5 Å². The Hall–Kier alpha value is -3.62. The molecule has 0 aliphatic heterocycles. The lowest BCUT2D eigenvalue weighted by molar-refractivity contribution is -0.384. The average Bonchev–Trinajstić information content (AvgIpc) is 2.67. The van der Waals surface area contributed by atoms with Gasteiger partial charge in [0.15, 0.2) is 6.10 Å². The van der Waals surface area contributed by atoms with Gasteiger partial charge in [-0.2, -0.15) is 0 Å². The van der Waals surface area contributed by atoms with E-state index in [1.54, 1.807) is 0 Å². The molecule has 9 heteroatoms. The zero-order valence-electron chi connectivity index (χ0n) is 14.9. The summed E-state index contributed by atoms with van der Waals surface area (Å²) < 4.78 is 17.9. The van der Waals surface area contributed by atoms with Crippen molar-refractivity contribution in [3.8, 4) is 0 Å². The van der Waals surface area contributed by atoms with Crippen LogP contribution in [0.5, 0.6) is 0 Å². The molecule has 0 bridgehead atoms. The molecule has 0 heterocycles. The van der Waals surface area contributed by atoms with Crippen LogP contribution in [-0.4, -0.2) is 35.2 Å². The highest BCUT2D eigenvalue weighted by molar-refractivity contribution is 6.00. The van der Waals surface area contributed by atoms with E-state index in [1.165, 1.54) is 43.3 Å². The first-order valence-electron chi connectivity index (χ1n) is 8.30. The fourth-order valence-corrected chi connectivity index (χ4v) is 2.27. The van der Waals surface area contributed by atoms with Gasteiger partial charge in [-0.15, -0.1) is 0 Å². The Morgan fingerprint density at radius 2 is 1.64 bits per heavy atom. The molecule has 146 valence electrons. The van der Waals surface area contributed by atoms with Crippen molar-refractivity contribution in [2.24, 2.45) is 0 Å². The Kier molecular flexibility index (Phi) is 6.91. The van der Waals surface area contributed by atoms with Crippen molar-refractivity contribution in [1.82, 2.24) is 5.32 Å². The Balaban J connectivity index is 1.78. The third kappa shape index (κ3) is 5.70. The van der Waals surface area contributed by atoms with Gasteiger partial charge >= 0.3 is 5.97 Å². The third-order valence-corrected chi connectivity index (χ3v) is 3.76. The number of non-ortho nitro benzene ring substituents is 1. The third-order valence-electron chi connectivity index (χ3n) is 3.76.